The van der Waals surface area contributed by atoms with E-state index in [9.17, 15) is 26.4 Å². The number of hydrogen-bond donors (Lipinski definition) is 0. The van der Waals surface area contributed by atoms with E-state index in [2.05, 4.69) is 9.28 Å². The van der Waals surface area contributed by atoms with Crippen molar-refractivity contribution in [1.29, 1.82) is 0 Å². The van der Waals surface area contributed by atoms with Gasteiger partial charge in [0.1, 0.15) is 5.69 Å². The van der Waals surface area contributed by atoms with Gasteiger partial charge in [0.2, 0.25) is 0 Å². The van der Waals surface area contributed by atoms with Crippen molar-refractivity contribution in [2.45, 2.75) is 37.2 Å². The largest absolute Gasteiger partial charge is 0.534 e. The van der Waals surface area contributed by atoms with Gasteiger partial charge in [-0.1, -0.05) is 12.8 Å². The zero-order chi connectivity index (χ0) is 17.4. The zero-order valence-electron chi connectivity index (χ0n) is 12.5. The van der Waals surface area contributed by atoms with Crippen LogP contribution >= 0.6 is 0 Å². The third kappa shape index (κ3) is 3.59. The average molecular weight is 355 g/mol. The second-order valence-electron chi connectivity index (χ2n) is 5.33. The fourth-order valence-corrected chi connectivity index (χ4v) is 2.88. The van der Waals surface area contributed by atoms with Crippen molar-refractivity contribution in [2.75, 3.05) is 7.05 Å². The predicted octanol–water partition coefficient (Wildman–Crippen LogP) is 1.66. The molecular formula is C12H16F3N3O4S. The van der Waals surface area contributed by atoms with Crippen molar-refractivity contribution < 1.29 is 30.6 Å². The van der Waals surface area contributed by atoms with Gasteiger partial charge in [-0.3, -0.25) is 9.48 Å². The Morgan fingerprint density at radius 2 is 1.96 bits per heavy atom. The summed E-state index contributed by atoms with van der Waals surface area (Å²) in [5, 5.41) is 3.51. The molecule has 23 heavy (non-hydrogen) atoms. The van der Waals surface area contributed by atoms with E-state index < -0.39 is 27.4 Å². The van der Waals surface area contributed by atoms with E-state index in [-0.39, 0.29) is 11.7 Å². The molecule has 1 heterocycles. The lowest BCUT2D eigenvalue weighted by molar-refractivity contribution is -0.0501. The first-order chi connectivity index (χ1) is 10.5. The number of nitrogens with zero attached hydrogens (tertiary/aromatic N) is 3. The molecule has 130 valence electrons. The fraction of sp³-hybridized carbons (Fsp3) is 0.667. The van der Waals surface area contributed by atoms with Gasteiger partial charge in [0.25, 0.3) is 11.8 Å². The first-order valence-electron chi connectivity index (χ1n) is 6.85. The van der Waals surface area contributed by atoms with Gasteiger partial charge in [-0.05, 0) is 12.8 Å². The van der Waals surface area contributed by atoms with Crippen molar-refractivity contribution in [3.8, 4) is 5.88 Å². The summed E-state index contributed by atoms with van der Waals surface area (Å²) < 4.78 is 63.7. The molecule has 1 aromatic heterocycles. The Hall–Kier alpha value is -1.78. The summed E-state index contributed by atoms with van der Waals surface area (Å²) >= 11 is 0. The van der Waals surface area contributed by atoms with Crippen LogP contribution in [0.2, 0.25) is 0 Å². The molecular weight excluding hydrogens is 339 g/mol. The molecule has 1 amide bonds. The summed E-state index contributed by atoms with van der Waals surface area (Å²) in [5.41, 5.74) is -5.61. The lowest BCUT2D eigenvalue weighted by Gasteiger charge is -2.23. The Kier molecular flexibility index (Phi) is 4.60. The summed E-state index contributed by atoms with van der Waals surface area (Å²) in [6, 6.07) is 0.942. The normalized spacial score (nSPS) is 16.6. The van der Waals surface area contributed by atoms with Gasteiger partial charge >= 0.3 is 15.6 Å². The number of amides is 1. The number of carbonyl (C=O) groups excluding carboxylic acids is 1. The van der Waals surface area contributed by atoms with E-state index in [1.165, 1.54) is 11.9 Å². The number of aryl methyl sites for hydroxylation is 1. The summed E-state index contributed by atoms with van der Waals surface area (Å²) in [6.45, 7) is 0. The number of halogens is 3. The van der Waals surface area contributed by atoms with E-state index >= 15 is 0 Å². The van der Waals surface area contributed by atoms with E-state index in [1.54, 1.807) is 7.05 Å². The number of rotatable bonds is 4. The molecule has 0 unspecified atom stereocenters. The molecule has 0 spiro atoms. The van der Waals surface area contributed by atoms with Crippen LogP contribution in [0, 0.1) is 0 Å². The second-order valence-corrected chi connectivity index (χ2v) is 6.87. The van der Waals surface area contributed by atoms with E-state index in [0.717, 1.165) is 36.4 Å². The predicted molar refractivity (Wildman–Crippen MR) is 73.2 cm³/mol. The molecule has 1 aliphatic carbocycles. The number of carbonyl (C=O) groups is 1. The highest BCUT2D eigenvalue weighted by Crippen LogP contribution is 2.28. The minimum atomic E-state index is -5.82. The summed E-state index contributed by atoms with van der Waals surface area (Å²) in [5.74, 6) is -1.25. The minimum Gasteiger partial charge on any atom is -0.354 e. The highest BCUT2D eigenvalue weighted by atomic mass is 32.2. The molecule has 0 aromatic carbocycles. The minimum absolute atomic E-state index is 0.0493. The van der Waals surface area contributed by atoms with Crippen LogP contribution in [0.5, 0.6) is 5.88 Å². The van der Waals surface area contributed by atoms with Gasteiger partial charge in [0, 0.05) is 26.2 Å². The van der Waals surface area contributed by atoms with E-state index in [1.807, 2.05) is 0 Å². The number of alkyl halides is 3. The first-order valence-corrected chi connectivity index (χ1v) is 8.25. The van der Waals surface area contributed by atoms with Gasteiger partial charge < -0.3 is 9.08 Å². The number of aromatic nitrogens is 2. The van der Waals surface area contributed by atoms with Crippen LogP contribution in [0.15, 0.2) is 6.07 Å². The number of hydrogen-bond acceptors (Lipinski definition) is 5. The Bertz CT molecular complexity index is 693. The molecule has 1 aromatic rings. The molecule has 0 radical (unpaired) electrons. The van der Waals surface area contributed by atoms with Crippen molar-refractivity contribution in [3.63, 3.8) is 0 Å². The Morgan fingerprint density at radius 1 is 1.39 bits per heavy atom. The Morgan fingerprint density at radius 3 is 2.48 bits per heavy atom. The third-order valence-corrected chi connectivity index (χ3v) is 4.70. The van der Waals surface area contributed by atoms with E-state index in [0.29, 0.717) is 0 Å². The molecule has 0 aliphatic heterocycles. The molecule has 11 heteroatoms. The monoisotopic (exact) mass is 355 g/mol. The maximum absolute atomic E-state index is 12.4. The molecule has 7 nitrogen and oxygen atoms in total. The van der Waals surface area contributed by atoms with Crippen molar-refractivity contribution >= 4 is 16.0 Å². The average Bonchev–Trinajstić information content (AvgIpc) is 3.05. The molecule has 1 fully saturated rings. The molecule has 0 bridgehead atoms. The molecule has 1 saturated carbocycles. The van der Waals surface area contributed by atoms with Crippen LogP contribution in [-0.2, 0) is 17.2 Å². The van der Waals surface area contributed by atoms with Crippen molar-refractivity contribution in [2.24, 2.45) is 7.05 Å². The summed E-state index contributed by atoms with van der Waals surface area (Å²) in [4.78, 5) is 13.9. The molecule has 0 saturated heterocycles. The van der Waals surface area contributed by atoms with Gasteiger partial charge in [-0.25, -0.2) is 0 Å². The second kappa shape index (κ2) is 6.02. The van der Waals surface area contributed by atoms with Gasteiger partial charge in [-0.2, -0.15) is 21.6 Å². The van der Waals surface area contributed by atoms with Crippen molar-refractivity contribution in [1.82, 2.24) is 14.7 Å². The summed E-state index contributed by atoms with van der Waals surface area (Å²) in [7, 11) is -2.90. The smallest absolute Gasteiger partial charge is 0.354 e. The van der Waals surface area contributed by atoms with Crippen LogP contribution in [0.4, 0.5) is 13.2 Å². The van der Waals surface area contributed by atoms with Crippen LogP contribution in [0.1, 0.15) is 36.2 Å². The fourth-order valence-electron chi connectivity index (χ4n) is 2.48. The van der Waals surface area contributed by atoms with Crippen LogP contribution in [-0.4, -0.2) is 47.6 Å². The Balaban J connectivity index is 2.19. The maximum Gasteiger partial charge on any atom is 0.534 e. The Labute approximate surface area is 131 Å². The van der Waals surface area contributed by atoms with Crippen LogP contribution in [0.25, 0.3) is 0 Å². The summed E-state index contributed by atoms with van der Waals surface area (Å²) in [6.07, 6.45) is 3.72. The maximum atomic E-state index is 12.4. The SMILES string of the molecule is CN(C(=O)c1cc(OS(=O)(=O)C(F)(F)F)nn1C)C1CCCC1. The van der Waals surface area contributed by atoms with Crippen LogP contribution < -0.4 is 4.18 Å². The quantitative estimate of drug-likeness (QED) is 0.606. The highest BCUT2D eigenvalue weighted by molar-refractivity contribution is 7.87. The molecule has 0 N–H and O–H groups in total. The molecule has 0 atom stereocenters. The van der Waals surface area contributed by atoms with E-state index in [4.69, 9.17) is 0 Å². The first kappa shape index (κ1) is 17.6. The third-order valence-electron chi connectivity index (χ3n) is 3.75. The van der Waals surface area contributed by atoms with Gasteiger partial charge in [0.05, 0.1) is 0 Å². The zero-order valence-corrected chi connectivity index (χ0v) is 13.3. The highest BCUT2D eigenvalue weighted by Gasteiger charge is 2.49. The lowest BCUT2D eigenvalue weighted by atomic mass is 10.2. The van der Waals surface area contributed by atoms with Crippen molar-refractivity contribution in [3.05, 3.63) is 11.8 Å². The molecule has 2 rings (SSSR count). The lowest BCUT2D eigenvalue weighted by Crippen LogP contribution is -2.36. The van der Waals surface area contributed by atoms with Gasteiger partial charge in [0.15, 0.2) is 0 Å². The van der Waals surface area contributed by atoms with Gasteiger partial charge in [-0.15, -0.1) is 5.10 Å². The topological polar surface area (TPSA) is 81.5 Å². The molecule has 1 aliphatic rings. The van der Waals surface area contributed by atoms with Crippen LogP contribution in [0.3, 0.4) is 0 Å². The standard InChI is InChI=1S/C12H16F3N3O4S/c1-17(8-5-3-4-6-8)11(19)9-7-10(16-18(9)2)22-23(20,21)12(13,14)15/h7-8H,3-6H2,1-2H3.